The van der Waals surface area contributed by atoms with Crippen LogP contribution in [0, 0.1) is 0 Å². The summed E-state index contributed by atoms with van der Waals surface area (Å²) < 4.78 is 11.1. The number of aromatic nitrogens is 1. The third-order valence-corrected chi connectivity index (χ3v) is 11.0. The monoisotopic (exact) mass is 686 g/mol. The Kier molecular flexibility index (Phi) is 7.15. The first-order chi connectivity index (χ1) is 25.7. The van der Waals surface area contributed by atoms with Gasteiger partial charge in [0, 0.05) is 53.8 Å². The van der Waals surface area contributed by atoms with Crippen LogP contribution >= 0.6 is 11.3 Å². The molecule has 0 unspecified atom stereocenters. The highest BCUT2D eigenvalue weighted by molar-refractivity contribution is 7.26. The van der Waals surface area contributed by atoms with E-state index in [2.05, 4.69) is 107 Å². The quantitative estimate of drug-likeness (QED) is 0.131. The van der Waals surface area contributed by atoms with E-state index in [-0.39, 0.29) is 0 Å². The van der Waals surface area contributed by atoms with Crippen LogP contribution in [-0.2, 0) is 6.54 Å². The zero-order valence-electron chi connectivity index (χ0n) is 28.0. The summed E-state index contributed by atoms with van der Waals surface area (Å²) in [7, 11) is 0. The minimum absolute atomic E-state index is 0.422. The molecule has 7 aromatic carbocycles. The minimum atomic E-state index is 0.422. The van der Waals surface area contributed by atoms with Crippen LogP contribution in [0.4, 0.5) is 0 Å². The second-order valence-corrected chi connectivity index (χ2v) is 13.9. The molecule has 0 bridgehead atoms. The summed E-state index contributed by atoms with van der Waals surface area (Å²) in [5, 5.41) is 7.16. The number of benzene rings is 7. The first kappa shape index (κ1) is 30.2. The summed E-state index contributed by atoms with van der Waals surface area (Å²) in [6.45, 7) is 4.40. The molecule has 3 heterocycles. The predicted molar refractivity (Wildman–Crippen MR) is 220 cm³/mol. The Balaban J connectivity index is 1.13. The Bertz CT molecular complexity index is 3070. The molecule has 0 aliphatic heterocycles. The highest BCUT2D eigenvalue weighted by Crippen LogP contribution is 2.43. The minimum Gasteiger partial charge on any atom is -0.456 e. The molecular formula is C46H30N4OS. The average Bonchev–Trinajstić information content (AvgIpc) is 3.88. The summed E-state index contributed by atoms with van der Waals surface area (Å²) in [4.78, 5) is 14.7. The van der Waals surface area contributed by atoms with Crippen molar-refractivity contribution < 1.29 is 4.42 Å². The Morgan fingerprint density at radius 3 is 2.19 bits per heavy atom. The molecule has 5 nitrogen and oxygen atoms in total. The van der Waals surface area contributed by atoms with Gasteiger partial charge in [-0.25, -0.2) is 9.98 Å². The molecular weight excluding hydrogens is 657 g/mol. The van der Waals surface area contributed by atoms with Crippen LogP contribution in [0.5, 0.6) is 0 Å². The predicted octanol–water partition coefficient (Wildman–Crippen LogP) is 12.1. The zero-order chi connectivity index (χ0) is 34.6. The van der Waals surface area contributed by atoms with Crippen LogP contribution in [0.2, 0.25) is 0 Å². The maximum Gasteiger partial charge on any atom is 0.161 e. The normalized spacial score (nSPS) is 12.6. The van der Waals surface area contributed by atoms with Crippen molar-refractivity contribution in [2.24, 2.45) is 15.0 Å². The van der Waals surface area contributed by atoms with Gasteiger partial charge in [0.05, 0.1) is 22.3 Å². The number of para-hydroxylation sites is 2. The number of hydrogen-bond acceptors (Lipinski definition) is 3. The van der Waals surface area contributed by atoms with E-state index < -0.39 is 0 Å². The fourth-order valence-electron chi connectivity index (χ4n) is 7.49. The molecule has 6 heteroatoms. The van der Waals surface area contributed by atoms with Crippen LogP contribution in [0.25, 0.3) is 69.6 Å². The number of nitrogens with zero attached hydrogens (tertiary/aromatic N) is 4. The summed E-state index contributed by atoms with van der Waals surface area (Å²) in [6, 6.07) is 54.6. The van der Waals surface area contributed by atoms with Crippen molar-refractivity contribution in [3.8, 4) is 5.69 Å². The van der Waals surface area contributed by atoms with Gasteiger partial charge in [0.2, 0.25) is 0 Å². The van der Waals surface area contributed by atoms with E-state index in [0.717, 1.165) is 49.8 Å². The smallest absolute Gasteiger partial charge is 0.161 e. The molecule has 246 valence electrons. The molecule has 10 aromatic rings. The molecule has 3 aromatic heterocycles. The van der Waals surface area contributed by atoms with Crippen LogP contribution in [0.3, 0.4) is 0 Å². The van der Waals surface area contributed by atoms with Gasteiger partial charge in [-0.1, -0.05) is 121 Å². The Labute approximate surface area is 303 Å². The van der Waals surface area contributed by atoms with Crippen molar-refractivity contribution in [3.05, 3.63) is 174 Å². The third-order valence-electron chi connectivity index (χ3n) is 9.82. The van der Waals surface area contributed by atoms with Crippen molar-refractivity contribution >= 4 is 93.6 Å². The number of hydrogen-bond donors (Lipinski definition) is 0. The molecule has 0 radical (unpaired) electrons. The van der Waals surface area contributed by atoms with Crippen LogP contribution < -0.4 is 0 Å². The van der Waals surface area contributed by atoms with E-state index in [9.17, 15) is 0 Å². The second kappa shape index (κ2) is 12.3. The maximum absolute atomic E-state index is 6.16. The van der Waals surface area contributed by atoms with Gasteiger partial charge in [-0.05, 0) is 48.7 Å². The van der Waals surface area contributed by atoms with Gasteiger partial charge >= 0.3 is 0 Å². The van der Waals surface area contributed by atoms with Gasteiger partial charge in [0.25, 0.3) is 0 Å². The number of rotatable bonds is 5. The molecule has 0 aliphatic rings. The molecule has 0 amide bonds. The molecule has 0 N–H and O–H groups in total. The molecule has 52 heavy (non-hydrogen) atoms. The van der Waals surface area contributed by atoms with E-state index in [0.29, 0.717) is 18.2 Å². The highest BCUT2D eigenvalue weighted by Gasteiger charge is 2.18. The number of amidine groups is 2. The second-order valence-electron chi connectivity index (χ2n) is 12.8. The lowest BCUT2D eigenvalue weighted by Crippen LogP contribution is -2.06. The van der Waals surface area contributed by atoms with E-state index in [1.165, 1.54) is 36.5 Å². The zero-order valence-corrected chi connectivity index (χ0v) is 28.8. The molecule has 10 rings (SSSR count). The van der Waals surface area contributed by atoms with Crippen molar-refractivity contribution in [1.29, 1.82) is 0 Å². The number of furan rings is 1. The van der Waals surface area contributed by atoms with Gasteiger partial charge in [0.1, 0.15) is 11.2 Å². The summed E-state index contributed by atoms with van der Waals surface area (Å²) in [5.41, 5.74) is 7.92. The van der Waals surface area contributed by atoms with E-state index in [4.69, 9.17) is 14.4 Å². The first-order valence-electron chi connectivity index (χ1n) is 17.2. The van der Waals surface area contributed by atoms with Crippen molar-refractivity contribution in [1.82, 2.24) is 4.57 Å². The van der Waals surface area contributed by atoms with Crippen molar-refractivity contribution in [3.63, 3.8) is 0 Å². The van der Waals surface area contributed by atoms with E-state index in [1.54, 1.807) is 0 Å². The van der Waals surface area contributed by atoms with Gasteiger partial charge in [-0.15, -0.1) is 11.3 Å². The van der Waals surface area contributed by atoms with Gasteiger partial charge in [0.15, 0.2) is 11.7 Å². The van der Waals surface area contributed by atoms with Gasteiger partial charge < -0.3 is 8.98 Å². The molecule has 0 aliphatic carbocycles. The topological polar surface area (TPSA) is 55.1 Å². The third kappa shape index (κ3) is 4.88. The Morgan fingerprint density at radius 2 is 1.31 bits per heavy atom. The number of fused-ring (bicyclic) bond motifs is 10. The Morgan fingerprint density at radius 1 is 0.596 bits per heavy atom. The lowest BCUT2D eigenvalue weighted by molar-refractivity contribution is 0.668. The number of aliphatic imine (C=N–C) groups is 3. The molecule has 0 saturated heterocycles. The van der Waals surface area contributed by atoms with Gasteiger partial charge in [-0.2, -0.15) is 0 Å². The summed E-state index contributed by atoms with van der Waals surface area (Å²) in [6.07, 6.45) is 0. The maximum atomic E-state index is 6.16. The van der Waals surface area contributed by atoms with E-state index >= 15 is 0 Å². The summed E-state index contributed by atoms with van der Waals surface area (Å²) >= 11 is 1.85. The largest absolute Gasteiger partial charge is 0.456 e. The van der Waals surface area contributed by atoms with Gasteiger partial charge in [-0.3, -0.25) is 4.99 Å². The standard InChI is InChI=1S/C46H30N4OS/c1-47-45(49-46(29-13-3-2-4-14-29)48-28-31-16-12-23-40-42(31)37-20-6-9-22-39(37)51-40)30-15-11-17-32(27-30)50-38-21-8-5-18-33(38)35-25-26-36-34-19-7-10-24-41(34)52-44(36)43(35)50/h2-27H,1,28H2. The highest BCUT2D eigenvalue weighted by atomic mass is 32.1. The fourth-order valence-corrected chi connectivity index (χ4v) is 8.73. The summed E-state index contributed by atoms with van der Waals surface area (Å²) in [5.74, 6) is 1.09. The number of thiophene rings is 1. The van der Waals surface area contributed by atoms with E-state index in [1.807, 2.05) is 78.1 Å². The Hall–Kier alpha value is -6.63. The van der Waals surface area contributed by atoms with Crippen LogP contribution in [-0.4, -0.2) is 23.0 Å². The van der Waals surface area contributed by atoms with Crippen molar-refractivity contribution in [2.45, 2.75) is 6.54 Å². The first-order valence-corrected chi connectivity index (χ1v) is 18.1. The molecule has 0 fully saturated rings. The molecule has 0 spiro atoms. The molecule has 0 atom stereocenters. The van der Waals surface area contributed by atoms with Crippen LogP contribution in [0.1, 0.15) is 16.7 Å². The lowest BCUT2D eigenvalue weighted by atomic mass is 10.1. The average molecular weight is 687 g/mol. The molecule has 0 saturated carbocycles. The SMILES string of the molecule is C=NC(=NC(=NCc1cccc2oc3ccccc3c12)c1ccccc1)c1cccc(-n2c3ccccc3c3ccc4c5ccccc5sc4c32)c1. The van der Waals surface area contributed by atoms with Crippen molar-refractivity contribution in [2.75, 3.05) is 0 Å². The lowest BCUT2D eigenvalue weighted by Gasteiger charge is -2.11. The fraction of sp³-hybridized carbons (Fsp3) is 0.0217. The van der Waals surface area contributed by atoms with Crippen LogP contribution in [0.15, 0.2) is 177 Å².